The van der Waals surface area contributed by atoms with Crippen molar-refractivity contribution in [2.75, 3.05) is 32.1 Å². The summed E-state index contributed by atoms with van der Waals surface area (Å²) in [6.45, 7) is 9.27. The van der Waals surface area contributed by atoms with E-state index in [1.807, 2.05) is 0 Å². The van der Waals surface area contributed by atoms with Crippen molar-refractivity contribution in [3.05, 3.63) is 37.1 Å². The van der Waals surface area contributed by atoms with Crippen molar-refractivity contribution in [1.29, 1.82) is 0 Å². The van der Waals surface area contributed by atoms with Gasteiger partial charge in [-0.2, -0.15) is 0 Å². The van der Waals surface area contributed by atoms with Crippen LogP contribution in [-0.4, -0.2) is 70.9 Å². The molecule has 0 unspecified atom stereocenters. The number of nitrogens with one attached hydrogen (secondary N) is 2. The van der Waals surface area contributed by atoms with E-state index in [0.29, 0.717) is 22.6 Å². The van der Waals surface area contributed by atoms with Crippen LogP contribution in [0.15, 0.2) is 37.1 Å². The van der Waals surface area contributed by atoms with E-state index >= 15 is 0 Å². The lowest BCUT2D eigenvalue weighted by Crippen LogP contribution is -2.62. The molecule has 1 fully saturated rings. The van der Waals surface area contributed by atoms with E-state index in [9.17, 15) is 14.4 Å². The molecule has 0 spiro atoms. The zero-order valence-corrected chi connectivity index (χ0v) is 20.4. The van der Waals surface area contributed by atoms with Gasteiger partial charge in [0.2, 0.25) is 11.8 Å². The van der Waals surface area contributed by atoms with Crippen LogP contribution in [-0.2, 0) is 14.3 Å². The number of nitrogens with zero attached hydrogens (tertiary/aromatic N) is 3. The van der Waals surface area contributed by atoms with Crippen LogP contribution in [0.25, 0.3) is 11.0 Å². The molecule has 1 aliphatic rings. The highest BCUT2D eigenvalue weighted by atomic mass is 16.6. The number of carbonyl (C=O) groups excluding carboxylic acids is 3. The van der Waals surface area contributed by atoms with Gasteiger partial charge in [-0.25, -0.2) is 14.6 Å². The molecule has 2 aromatic rings. The fraction of sp³-hybridized carbons (Fsp3) is 0.458. The number of alkyl carbamates (subject to hydrolysis) is 1. The van der Waals surface area contributed by atoms with Gasteiger partial charge in [-0.05, 0) is 45.7 Å². The quantitative estimate of drug-likeness (QED) is 0.596. The summed E-state index contributed by atoms with van der Waals surface area (Å²) in [5, 5.41) is 5.57. The first-order valence-corrected chi connectivity index (χ1v) is 11.2. The molecule has 11 nitrogen and oxygen atoms in total. The molecule has 3 amide bonds. The molecule has 11 heteroatoms. The normalized spacial score (nSPS) is 15.1. The van der Waals surface area contributed by atoms with Crippen LogP contribution < -0.4 is 15.4 Å². The first kappa shape index (κ1) is 25.7. The summed E-state index contributed by atoms with van der Waals surface area (Å²) in [4.78, 5) is 48.7. The van der Waals surface area contributed by atoms with Gasteiger partial charge in [-0.1, -0.05) is 12.7 Å². The lowest BCUT2D eigenvalue weighted by molar-refractivity contribution is -0.124. The van der Waals surface area contributed by atoms with Gasteiger partial charge in [0.05, 0.1) is 18.3 Å². The fourth-order valence-corrected chi connectivity index (χ4v) is 3.64. The number of pyridine rings is 2. The molecule has 3 heterocycles. The minimum absolute atomic E-state index is 0.00767. The largest absolute Gasteiger partial charge is 0.481 e. The Labute approximate surface area is 203 Å². The van der Waals surface area contributed by atoms with E-state index in [1.165, 1.54) is 18.1 Å². The summed E-state index contributed by atoms with van der Waals surface area (Å²) in [5.74, 6) is -0.0958. The lowest BCUT2D eigenvalue weighted by atomic mass is 9.86. The maximum Gasteiger partial charge on any atom is 0.410 e. The third-order valence-electron chi connectivity index (χ3n) is 5.39. The van der Waals surface area contributed by atoms with Gasteiger partial charge < -0.3 is 29.7 Å². The van der Waals surface area contributed by atoms with Gasteiger partial charge in [0.25, 0.3) is 0 Å². The van der Waals surface area contributed by atoms with E-state index in [1.54, 1.807) is 45.2 Å². The summed E-state index contributed by atoms with van der Waals surface area (Å²) < 4.78 is 15.7. The average Bonchev–Trinajstić information content (AvgIpc) is 2.82. The van der Waals surface area contributed by atoms with Gasteiger partial charge in [-0.15, -0.1) is 0 Å². The highest BCUT2D eigenvalue weighted by Gasteiger charge is 2.45. The maximum absolute atomic E-state index is 13.6. The molecule has 0 aromatic carbocycles. The predicted octanol–water partition coefficient (Wildman–Crippen LogP) is 3.26. The second kappa shape index (κ2) is 10.6. The van der Waals surface area contributed by atoms with Crippen LogP contribution >= 0.6 is 0 Å². The Hall–Kier alpha value is -3.89. The number of rotatable bonds is 6. The molecule has 3 rings (SSSR count). The summed E-state index contributed by atoms with van der Waals surface area (Å²) >= 11 is 0. The van der Waals surface area contributed by atoms with Gasteiger partial charge in [0.15, 0.2) is 0 Å². The van der Waals surface area contributed by atoms with E-state index in [2.05, 4.69) is 27.2 Å². The summed E-state index contributed by atoms with van der Waals surface area (Å²) in [6, 6.07) is 5.02. The van der Waals surface area contributed by atoms with Crippen molar-refractivity contribution in [3.63, 3.8) is 0 Å². The Morgan fingerprint density at radius 1 is 1.20 bits per heavy atom. The molecule has 0 aliphatic carbocycles. The van der Waals surface area contributed by atoms with Crippen LogP contribution in [0, 0.1) is 0 Å². The molecule has 0 atom stereocenters. The molecule has 188 valence electrons. The average molecular weight is 486 g/mol. The third-order valence-corrected chi connectivity index (χ3v) is 5.39. The highest BCUT2D eigenvalue weighted by Crippen LogP contribution is 2.28. The van der Waals surface area contributed by atoms with Crippen molar-refractivity contribution < 1.29 is 28.6 Å². The molecule has 2 aromatic heterocycles. The number of hydrogen-bond donors (Lipinski definition) is 2. The SMILES string of the molecule is C=CCOC(=O)NC1(C(=O)Nc2ccnc3ccc(OC)nc23)CCN(C(=O)OC(C)(C)C)CC1. The molecule has 0 radical (unpaired) electrons. The molecule has 2 N–H and O–H groups in total. The Kier molecular flexibility index (Phi) is 7.78. The van der Waals surface area contributed by atoms with E-state index in [4.69, 9.17) is 14.2 Å². The zero-order valence-electron chi connectivity index (χ0n) is 20.4. The van der Waals surface area contributed by atoms with Crippen molar-refractivity contribution >= 4 is 34.8 Å². The second-order valence-corrected chi connectivity index (χ2v) is 9.10. The van der Waals surface area contributed by atoms with Crippen molar-refractivity contribution in [2.45, 2.75) is 44.8 Å². The Morgan fingerprint density at radius 2 is 1.91 bits per heavy atom. The Balaban J connectivity index is 1.84. The Morgan fingerprint density at radius 3 is 2.54 bits per heavy atom. The molecule has 1 saturated heterocycles. The number of methoxy groups -OCH3 is 1. The summed E-state index contributed by atoms with van der Waals surface area (Å²) in [6.07, 6.45) is 2.06. The number of carbonyl (C=O) groups is 3. The minimum Gasteiger partial charge on any atom is -0.481 e. The molecular weight excluding hydrogens is 454 g/mol. The number of hydrogen-bond acceptors (Lipinski definition) is 8. The zero-order chi connectivity index (χ0) is 25.6. The molecular formula is C24H31N5O6. The monoisotopic (exact) mass is 485 g/mol. The van der Waals surface area contributed by atoms with Gasteiger partial charge in [-0.3, -0.25) is 9.78 Å². The van der Waals surface area contributed by atoms with Crippen molar-refractivity contribution in [2.24, 2.45) is 0 Å². The number of likely N-dealkylation sites (tertiary alicyclic amines) is 1. The van der Waals surface area contributed by atoms with Crippen molar-refractivity contribution in [1.82, 2.24) is 20.2 Å². The fourth-order valence-electron chi connectivity index (χ4n) is 3.64. The van der Waals surface area contributed by atoms with Gasteiger partial charge in [0.1, 0.15) is 23.3 Å². The van der Waals surface area contributed by atoms with E-state index < -0.39 is 29.2 Å². The number of piperidine rings is 1. The topological polar surface area (TPSA) is 132 Å². The number of aromatic nitrogens is 2. The van der Waals surface area contributed by atoms with Gasteiger partial charge >= 0.3 is 12.2 Å². The standard InChI is InChI=1S/C24H31N5O6/c1-6-15-34-21(31)28-24(10-13-29(14-11-24)22(32)35-23(2,3)4)20(30)26-17-9-12-25-16-7-8-18(33-5)27-19(16)17/h6-9,12H,1,10-11,13-15H2,2-5H3,(H,28,31)(H,25,26,30). The maximum atomic E-state index is 13.6. The smallest absolute Gasteiger partial charge is 0.410 e. The predicted molar refractivity (Wildman–Crippen MR) is 129 cm³/mol. The van der Waals surface area contributed by atoms with Crippen LogP contribution in [0.2, 0.25) is 0 Å². The number of fused-ring (bicyclic) bond motifs is 1. The second-order valence-electron chi connectivity index (χ2n) is 9.10. The number of amides is 3. The van der Waals surface area contributed by atoms with Gasteiger partial charge in [0, 0.05) is 25.4 Å². The Bertz CT molecular complexity index is 1110. The van der Waals surface area contributed by atoms with Crippen LogP contribution in [0.3, 0.4) is 0 Å². The summed E-state index contributed by atoms with van der Waals surface area (Å²) in [5.41, 5.74) is -0.558. The third kappa shape index (κ3) is 6.37. The highest BCUT2D eigenvalue weighted by molar-refractivity contribution is 6.04. The molecule has 0 saturated carbocycles. The van der Waals surface area contributed by atoms with E-state index in [0.717, 1.165) is 0 Å². The molecule has 0 bridgehead atoms. The molecule has 35 heavy (non-hydrogen) atoms. The first-order chi connectivity index (χ1) is 16.6. The van der Waals surface area contributed by atoms with E-state index in [-0.39, 0.29) is 32.5 Å². The summed E-state index contributed by atoms with van der Waals surface area (Å²) in [7, 11) is 1.50. The van der Waals surface area contributed by atoms with Crippen molar-refractivity contribution in [3.8, 4) is 5.88 Å². The number of anilines is 1. The molecule has 1 aliphatic heterocycles. The minimum atomic E-state index is -1.33. The van der Waals surface area contributed by atoms with Crippen LogP contribution in [0.4, 0.5) is 15.3 Å². The van der Waals surface area contributed by atoms with Crippen LogP contribution in [0.5, 0.6) is 5.88 Å². The number of ether oxygens (including phenoxy) is 3. The van der Waals surface area contributed by atoms with Crippen LogP contribution in [0.1, 0.15) is 33.6 Å². The lowest BCUT2D eigenvalue weighted by Gasteiger charge is -2.40. The first-order valence-electron chi connectivity index (χ1n) is 11.2.